The van der Waals surface area contributed by atoms with E-state index in [1.54, 1.807) is 0 Å². The van der Waals surface area contributed by atoms with Crippen molar-refractivity contribution in [1.29, 1.82) is 0 Å². The molecule has 0 heterocycles. The standard InChI is InChI=1S/C54H49N/c1-7-16-44(17-8-2)55(45-21-11-10-12-22-45)46-30-27-40(28-31-46)42-29-32-47(36(4)33-42)53-38(6)48-23-15-24-49-51(34-37(5)52(54(48)49)50(53)18-9-3)43-26-25-39-19-13-14-20-41(39)35-43/h7-9,11,13-15,17-35,44H,1,3,10,12,16H2,2,4-6H3/b17-8-,50-18+. The lowest BCUT2D eigenvalue weighted by Crippen LogP contribution is -2.32. The normalized spacial score (nSPS) is 13.9. The molecule has 1 nitrogen and oxygen atoms in total. The molecule has 1 aliphatic rings. The molecule has 0 amide bonds. The van der Waals surface area contributed by atoms with E-state index in [-0.39, 0.29) is 6.04 Å². The first-order valence-corrected chi connectivity index (χ1v) is 19.6. The first-order chi connectivity index (χ1) is 26.9. The van der Waals surface area contributed by atoms with Crippen LogP contribution in [0.5, 0.6) is 0 Å². The van der Waals surface area contributed by atoms with Gasteiger partial charge in [0.25, 0.3) is 0 Å². The van der Waals surface area contributed by atoms with Gasteiger partial charge in [0.1, 0.15) is 0 Å². The topological polar surface area (TPSA) is 3.24 Å². The smallest absolute Gasteiger partial charge is 0.0556 e. The van der Waals surface area contributed by atoms with Gasteiger partial charge in [-0.25, -0.2) is 0 Å². The molecule has 0 radical (unpaired) electrons. The summed E-state index contributed by atoms with van der Waals surface area (Å²) in [5, 5.41) is 8.97. The second-order valence-corrected chi connectivity index (χ2v) is 14.9. The van der Waals surface area contributed by atoms with Crippen LogP contribution < -0.4 is 10.1 Å². The van der Waals surface area contributed by atoms with E-state index in [4.69, 9.17) is 0 Å². The molecule has 270 valence electrons. The minimum atomic E-state index is 0.207. The summed E-state index contributed by atoms with van der Waals surface area (Å²) < 4.78 is 0. The SMILES string of the molecule is C=C/C=c1/c(-c2ccc(-c3ccc(N(C4=CCCC=C4)C(/C=C\C)CC=C)cc3)cc2C)c(C)c2cccc3c(-c4ccc5ccccc5c4)cc(C)c1c32. The fourth-order valence-corrected chi connectivity index (χ4v) is 8.87. The van der Waals surface area contributed by atoms with Crippen molar-refractivity contribution < 1.29 is 0 Å². The highest BCUT2D eigenvalue weighted by atomic mass is 15.2. The van der Waals surface area contributed by atoms with E-state index >= 15 is 0 Å². The van der Waals surface area contributed by atoms with E-state index in [2.05, 4.69) is 191 Å². The Hall–Kier alpha value is -6.18. The number of anilines is 1. The van der Waals surface area contributed by atoms with Crippen molar-refractivity contribution >= 4 is 44.1 Å². The summed E-state index contributed by atoms with van der Waals surface area (Å²) >= 11 is 0. The number of benzene rings is 7. The summed E-state index contributed by atoms with van der Waals surface area (Å²) in [7, 11) is 0. The lowest BCUT2D eigenvalue weighted by molar-refractivity contribution is 0.760. The molecule has 0 bridgehead atoms. The predicted octanol–water partition coefficient (Wildman–Crippen LogP) is 14.3. The van der Waals surface area contributed by atoms with Gasteiger partial charge >= 0.3 is 0 Å². The van der Waals surface area contributed by atoms with Crippen molar-refractivity contribution in [1.82, 2.24) is 0 Å². The van der Waals surface area contributed by atoms with Crippen molar-refractivity contribution in [3.05, 3.63) is 192 Å². The molecule has 0 fully saturated rings. The molecule has 7 aromatic rings. The van der Waals surface area contributed by atoms with Crippen molar-refractivity contribution in [2.75, 3.05) is 4.90 Å². The van der Waals surface area contributed by atoms with Crippen molar-refractivity contribution in [3.63, 3.8) is 0 Å². The summed E-state index contributed by atoms with van der Waals surface area (Å²) in [6.45, 7) is 17.2. The highest BCUT2D eigenvalue weighted by Gasteiger charge is 2.21. The number of rotatable bonds is 10. The highest BCUT2D eigenvalue weighted by molar-refractivity contribution is 6.19. The van der Waals surface area contributed by atoms with Crippen LogP contribution in [0.15, 0.2) is 171 Å². The van der Waals surface area contributed by atoms with E-state index in [9.17, 15) is 0 Å². The summed E-state index contributed by atoms with van der Waals surface area (Å²) in [4.78, 5) is 2.45. The molecule has 0 saturated carbocycles. The second-order valence-electron chi connectivity index (χ2n) is 14.9. The third kappa shape index (κ3) is 6.55. The summed E-state index contributed by atoms with van der Waals surface area (Å²) in [6.07, 6.45) is 20.6. The molecule has 0 aromatic heterocycles. The van der Waals surface area contributed by atoms with Crippen LogP contribution in [0.2, 0.25) is 0 Å². The zero-order valence-corrected chi connectivity index (χ0v) is 32.6. The van der Waals surface area contributed by atoms with E-state index in [1.165, 1.54) is 99.0 Å². The maximum atomic E-state index is 4.19. The van der Waals surface area contributed by atoms with E-state index < -0.39 is 0 Å². The molecule has 1 unspecified atom stereocenters. The van der Waals surface area contributed by atoms with Crippen LogP contribution in [0.3, 0.4) is 0 Å². The third-order valence-electron chi connectivity index (χ3n) is 11.4. The van der Waals surface area contributed by atoms with Crippen molar-refractivity contribution in [2.24, 2.45) is 0 Å². The number of nitrogens with zero attached hydrogens (tertiary/aromatic N) is 1. The van der Waals surface area contributed by atoms with Gasteiger partial charge < -0.3 is 4.90 Å². The lowest BCUT2D eigenvalue weighted by Gasteiger charge is -2.33. The van der Waals surface area contributed by atoms with Gasteiger partial charge in [0.15, 0.2) is 0 Å². The molecule has 0 saturated heterocycles. The quantitative estimate of drug-likeness (QED) is 0.128. The Kier molecular flexibility index (Phi) is 9.96. The molecule has 0 spiro atoms. The molecule has 0 aliphatic heterocycles. The van der Waals surface area contributed by atoms with Crippen molar-refractivity contribution in [3.8, 4) is 33.4 Å². The Morgan fingerprint density at radius 2 is 1.45 bits per heavy atom. The van der Waals surface area contributed by atoms with Gasteiger partial charge in [-0.3, -0.25) is 0 Å². The van der Waals surface area contributed by atoms with Gasteiger partial charge in [0.2, 0.25) is 0 Å². The van der Waals surface area contributed by atoms with Gasteiger partial charge in [0, 0.05) is 11.4 Å². The van der Waals surface area contributed by atoms with Crippen LogP contribution >= 0.6 is 0 Å². The third-order valence-corrected chi connectivity index (χ3v) is 11.4. The Balaban J connectivity index is 1.22. The van der Waals surface area contributed by atoms with Crippen LogP contribution in [0.25, 0.3) is 71.8 Å². The average molecular weight is 712 g/mol. The van der Waals surface area contributed by atoms with Crippen LogP contribution in [-0.2, 0) is 0 Å². The Morgan fingerprint density at radius 1 is 0.691 bits per heavy atom. The molecule has 7 aromatic carbocycles. The molecule has 8 rings (SSSR count). The summed E-state index contributed by atoms with van der Waals surface area (Å²) in [5.41, 5.74) is 13.7. The minimum absolute atomic E-state index is 0.207. The summed E-state index contributed by atoms with van der Waals surface area (Å²) in [5.74, 6) is 0. The minimum Gasteiger partial charge on any atom is -0.335 e. The summed E-state index contributed by atoms with van der Waals surface area (Å²) in [6, 6.07) is 40.9. The number of hydrogen-bond acceptors (Lipinski definition) is 1. The van der Waals surface area contributed by atoms with Gasteiger partial charge in [-0.1, -0.05) is 140 Å². The second kappa shape index (κ2) is 15.3. The highest BCUT2D eigenvalue weighted by Crippen LogP contribution is 2.41. The molecular formula is C54H49N. The number of aryl methyl sites for hydroxylation is 3. The largest absolute Gasteiger partial charge is 0.335 e. The van der Waals surface area contributed by atoms with Crippen LogP contribution in [0.4, 0.5) is 5.69 Å². The Labute approximate surface area is 326 Å². The van der Waals surface area contributed by atoms with Crippen LogP contribution in [0, 0.1) is 20.8 Å². The molecule has 0 N–H and O–H groups in total. The van der Waals surface area contributed by atoms with Crippen LogP contribution in [-0.4, -0.2) is 6.04 Å². The van der Waals surface area contributed by atoms with E-state index in [1.807, 2.05) is 12.2 Å². The molecule has 1 atom stereocenters. The van der Waals surface area contributed by atoms with E-state index in [0.717, 1.165) is 19.3 Å². The van der Waals surface area contributed by atoms with Crippen LogP contribution in [0.1, 0.15) is 42.9 Å². The number of hydrogen-bond donors (Lipinski definition) is 0. The fraction of sp³-hybridized carbons (Fsp3) is 0.148. The van der Waals surface area contributed by atoms with Gasteiger partial charge in [-0.15, -0.1) is 6.58 Å². The van der Waals surface area contributed by atoms with Gasteiger partial charge in [-0.05, 0) is 159 Å². The number of allylic oxidation sites excluding steroid dienone is 5. The fourth-order valence-electron chi connectivity index (χ4n) is 8.87. The zero-order chi connectivity index (χ0) is 38.1. The Morgan fingerprint density at radius 3 is 2.18 bits per heavy atom. The predicted molar refractivity (Wildman–Crippen MR) is 242 cm³/mol. The first kappa shape index (κ1) is 35.8. The monoisotopic (exact) mass is 711 g/mol. The Bertz CT molecular complexity index is 2750. The lowest BCUT2D eigenvalue weighted by atomic mass is 9.83. The van der Waals surface area contributed by atoms with E-state index in [0.29, 0.717) is 0 Å². The average Bonchev–Trinajstić information content (AvgIpc) is 3.21. The molecule has 1 heteroatoms. The number of fused-ring (bicyclic) bond motifs is 1. The molecule has 55 heavy (non-hydrogen) atoms. The first-order valence-electron chi connectivity index (χ1n) is 19.6. The van der Waals surface area contributed by atoms with Crippen molar-refractivity contribution in [2.45, 2.75) is 53.0 Å². The molecule has 1 aliphatic carbocycles. The maximum Gasteiger partial charge on any atom is 0.0556 e. The molecular weight excluding hydrogens is 663 g/mol. The zero-order valence-electron chi connectivity index (χ0n) is 32.6. The maximum absolute atomic E-state index is 4.19. The van der Waals surface area contributed by atoms with Gasteiger partial charge in [-0.2, -0.15) is 0 Å². The van der Waals surface area contributed by atoms with Gasteiger partial charge in [0.05, 0.1) is 6.04 Å².